The van der Waals surface area contributed by atoms with Crippen molar-refractivity contribution in [2.45, 2.75) is 334 Å². The predicted molar refractivity (Wildman–Crippen MR) is 321 cm³/mol. The van der Waals surface area contributed by atoms with Gasteiger partial charge in [0.2, 0.25) is 5.91 Å². The summed E-state index contributed by atoms with van der Waals surface area (Å²) in [7, 11) is 1.25. The van der Waals surface area contributed by atoms with E-state index in [0.717, 1.165) is 44.9 Å². The SMILES string of the molecule is CCCCCCCCCCCCCC/C=C/CC/C=C/CC/C=C/C(O)C(COP(=O)([O-])OCC[N+](C)(C)C)NC(=O)CCCCCCCCCCCCCCCCCCCCCCCCCCCCCCCC. The van der Waals surface area contributed by atoms with Gasteiger partial charge in [0, 0.05) is 6.42 Å². The third kappa shape index (κ3) is 58.4. The largest absolute Gasteiger partial charge is 0.756 e. The highest BCUT2D eigenvalue weighted by Crippen LogP contribution is 2.38. The minimum Gasteiger partial charge on any atom is -0.756 e. The van der Waals surface area contributed by atoms with Crippen molar-refractivity contribution in [3.8, 4) is 0 Å². The molecule has 438 valence electrons. The van der Waals surface area contributed by atoms with E-state index in [1.165, 1.54) is 257 Å². The highest BCUT2D eigenvalue weighted by atomic mass is 31.2. The van der Waals surface area contributed by atoms with Crippen LogP contribution in [0.25, 0.3) is 0 Å². The van der Waals surface area contributed by atoms with Crippen LogP contribution in [-0.2, 0) is 18.4 Å². The average molecular weight is 1060 g/mol. The molecule has 0 aromatic rings. The number of phosphoric acid groups is 1. The summed E-state index contributed by atoms with van der Waals surface area (Å²) < 4.78 is 23.4. The third-order valence-corrected chi connectivity index (χ3v) is 15.8. The number of aliphatic hydroxyl groups excluding tert-OH is 1. The standard InChI is InChI=1S/C65H127N2O6P/c1-6-8-10-12-14-16-18-20-22-24-26-28-30-31-32-33-34-35-36-37-39-41-43-45-47-49-51-53-55-57-59-65(69)66-63(62-73-74(70,71)72-61-60-67(3,4)5)64(68)58-56-54-52-50-48-46-44-42-40-38-29-27-25-23-21-19-17-15-13-11-9-7-2/h40,42,48,50,56,58,63-64,68H,6-39,41,43-47,49,51-55,57,59-62H2,1-5H3,(H-,66,69,70,71)/b42-40+,50-48+,58-56+. The number of likely N-dealkylation sites (N-methyl/N-ethyl adjacent to an activating group) is 1. The van der Waals surface area contributed by atoms with E-state index in [4.69, 9.17) is 9.05 Å². The minimum absolute atomic E-state index is 0.00722. The normalized spacial score (nSPS) is 14.0. The topological polar surface area (TPSA) is 108 Å². The van der Waals surface area contributed by atoms with Gasteiger partial charge in [0.15, 0.2) is 0 Å². The van der Waals surface area contributed by atoms with Crippen LogP contribution in [0.3, 0.4) is 0 Å². The van der Waals surface area contributed by atoms with Gasteiger partial charge in [-0.3, -0.25) is 9.36 Å². The number of phosphoric ester groups is 1. The van der Waals surface area contributed by atoms with Crippen LogP contribution in [-0.4, -0.2) is 68.5 Å². The number of hydrogen-bond donors (Lipinski definition) is 2. The maximum Gasteiger partial charge on any atom is 0.268 e. The van der Waals surface area contributed by atoms with Crippen LogP contribution in [0.5, 0.6) is 0 Å². The van der Waals surface area contributed by atoms with Gasteiger partial charge in [0.1, 0.15) is 13.2 Å². The molecule has 0 fully saturated rings. The van der Waals surface area contributed by atoms with Gasteiger partial charge in [-0.2, -0.15) is 0 Å². The Morgan fingerprint density at radius 2 is 0.757 bits per heavy atom. The zero-order valence-corrected chi connectivity index (χ0v) is 51.0. The van der Waals surface area contributed by atoms with Gasteiger partial charge in [-0.15, -0.1) is 0 Å². The van der Waals surface area contributed by atoms with Crippen molar-refractivity contribution in [3.05, 3.63) is 36.5 Å². The Kier molecular flexibility index (Phi) is 55.5. The summed E-state index contributed by atoms with van der Waals surface area (Å²) in [5.74, 6) is -0.205. The monoisotopic (exact) mass is 1060 g/mol. The van der Waals surface area contributed by atoms with E-state index in [0.29, 0.717) is 17.4 Å². The molecule has 0 aromatic carbocycles. The number of amides is 1. The number of carbonyl (C=O) groups is 1. The molecule has 0 aromatic heterocycles. The summed E-state index contributed by atoms with van der Waals surface area (Å²) in [4.78, 5) is 25.6. The number of nitrogens with zero attached hydrogens (tertiary/aromatic N) is 1. The van der Waals surface area contributed by atoms with E-state index < -0.39 is 26.6 Å². The van der Waals surface area contributed by atoms with E-state index in [-0.39, 0.29) is 12.5 Å². The van der Waals surface area contributed by atoms with Crippen molar-refractivity contribution >= 4 is 13.7 Å². The Hall–Kier alpha value is -1.28. The van der Waals surface area contributed by atoms with Crippen molar-refractivity contribution in [1.82, 2.24) is 5.32 Å². The molecule has 2 N–H and O–H groups in total. The zero-order valence-electron chi connectivity index (χ0n) is 50.1. The van der Waals surface area contributed by atoms with Gasteiger partial charge < -0.3 is 28.8 Å². The molecular formula is C65H127N2O6P. The van der Waals surface area contributed by atoms with E-state index in [2.05, 4.69) is 43.5 Å². The summed E-state index contributed by atoms with van der Waals surface area (Å²) in [6.45, 7) is 4.67. The second kappa shape index (κ2) is 56.4. The van der Waals surface area contributed by atoms with Crippen LogP contribution >= 0.6 is 7.82 Å². The fourth-order valence-electron chi connectivity index (χ4n) is 9.78. The maximum absolute atomic E-state index is 13.0. The molecule has 8 nitrogen and oxygen atoms in total. The zero-order chi connectivity index (χ0) is 54.2. The minimum atomic E-state index is -4.61. The molecule has 0 saturated carbocycles. The average Bonchev–Trinajstić information content (AvgIpc) is 3.36. The van der Waals surface area contributed by atoms with E-state index in [9.17, 15) is 19.4 Å². The first-order chi connectivity index (χ1) is 36.0. The van der Waals surface area contributed by atoms with Crippen LogP contribution < -0.4 is 10.2 Å². The molecule has 9 heteroatoms. The summed E-state index contributed by atoms with van der Waals surface area (Å²) in [5.41, 5.74) is 0. The molecule has 1 amide bonds. The molecule has 0 spiro atoms. The number of aliphatic hydroxyl groups is 1. The van der Waals surface area contributed by atoms with Crippen molar-refractivity contribution in [2.24, 2.45) is 0 Å². The smallest absolute Gasteiger partial charge is 0.268 e. The molecular weight excluding hydrogens is 936 g/mol. The number of quaternary nitrogens is 1. The van der Waals surface area contributed by atoms with Crippen molar-refractivity contribution < 1.29 is 32.9 Å². The Labute approximate surface area is 461 Å². The van der Waals surface area contributed by atoms with Crippen LogP contribution in [0, 0.1) is 0 Å². The van der Waals surface area contributed by atoms with Crippen molar-refractivity contribution in [2.75, 3.05) is 40.9 Å². The van der Waals surface area contributed by atoms with Crippen LogP contribution in [0.2, 0.25) is 0 Å². The van der Waals surface area contributed by atoms with E-state index in [1.807, 2.05) is 27.2 Å². The van der Waals surface area contributed by atoms with Gasteiger partial charge >= 0.3 is 0 Å². The second-order valence-electron chi connectivity index (χ2n) is 23.5. The molecule has 74 heavy (non-hydrogen) atoms. The van der Waals surface area contributed by atoms with E-state index >= 15 is 0 Å². The van der Waals surface area contributed by atoms with Gasteiger partial charge in [-0.05, 0) is 44.9 Å². The molecule has 0 rings (SSSR count). The summed E-state index contributed by atoms with van der Waals surface area (Å²) in [6.07, 6.45) is 74.0. The number of carbonyl (C=O) groups excluding carboxylic acids is 1. The molecule has 0 heterocycles. The van der Waals surface area contributed by atoms with Crippen LogP contribution in [0.15, 0.2) is 36.5 Å². The number of hydrogen-bond acceptors (Lipinski definition) is 6. The van der Waals surface area contributed by atoms with Crippen LogP contribution in [0.4, 0.5) is 0 Å². The molecule has 0 radical (unpaired) electrons. The second-order valence-corrected chi connectivity index (χ2v) is 24.9. The molecule has 0 aliphatic heterocycles. The number of rotatable bonds is 60. The Bertz CT molecular complexity index is 1300. The Morgan fingerprint density at radius 3 is 1.09 bits per heavy atom. The summed E-state index contributed by atoms with van der Waals surface area (Å²) in [6, 6.07) is -0.909. The van der Waals surface area contributed by atoms with Gasteiger partial charge in [-0.1, -0.05) is 307 Å². The maximum atomic E-state index is 13.0. The van der Waals surface area contributed by atoms with Crippen molar-refractivity contribution in [3.63, 3.8) is 0 Å². The highest BCUT2D eigenvalue weighted by molar-refractivity contribution is 7.45. The molecule has 0 aliphatic rings. The van der Waals surface area contributed by atoms with Gasteiger partial charge in [0.05, 0.1) is 39.9 Å². The summed E-state index contributed by atoms with van der Waals surface area (Å²) in [5, 5.41) is 13.9. The first kappa shape index (κ1) is 72.7. The molecule has 0 saturated heterocycles. The number of allylic oxidation sites excluding steroid dienone is 5. The molecule has 3 atom stereocenters. The fourth-order valence-corrected chi connectivity index (χ4v) is 10.5. The quantitative estimate of drug-likeness (QED) is 0.0272. The lowest BCUT2D eigenvalue weighted by Crippen LogP contribution is -2.45. The Morgan fingerprint density at radius 1 is 0.459 bits per heavy atom. The lowest BCUT2D eigenvalue weighted by atomic mass is 10.0. The van der Waals surface area contributed by atoms with E-state index in [1.54, 1.807) is 6.08 Å². The fraction of sp³-hybridized carbons (Fsp3) is 0.892. The molecule has 0 bridgehead atoms. The van der Waals surface area contributed by atoms with Crippen LogP contribution in [0.1, 0.15) is 322 Å². The van der Waals surface area contributed by atoms with Gasteiger partial charge in [-0.25, -0.2) is 0 Å². The Balaban J connectivity index is 4.12. The third-order valence-electron chi connectivity index (χ3n) is 14.8. The highest BCUT2D eigenvalue weighted by Gasteiger charge is 2.23. The number of nitrogens with one attached hydrogen (secondary N) is 1. The first-order valence-corrected chi connectivity index (χ1v) is 33.8. The number of unbranched alkanes of at least 4 members (excludes halogenated alkanes) is 43. The lowest BCUT2D eigenvalue weighted by molar-refractivity contribution is -0.870. The lowest BCUT2D eigenvalue weighted by Gasteiger charge is -2.29. The molecule has 3 unspecified atom stereocenters. The summed E-state index contributed by atoms with van der Waals surface area (Å²) >= 11 is 0. The van der Waals surface area contributed by atoms with Crippen molar-refractivity contribution in [1.29, 1.82) is 0 Å². The molecule has 0 aliphatic carbocycles. The predicted octanol–water partition coefficient (Wildman–Crippen LogP) is 19.5. The van der Waals surface area contributed by atoms with Gasteiger partial charge in [0.25, 0.3) is 7.82 Å². The first-order valence-electron chi connectivity index (χ1n) is 32.4.